The highest BCUT2D eigenvalue weighted by atomic mass is 35.5. The molecule has 35 heavy (non-hydrogen) atoms. The van der Waals surface area contributed by atoms with E-state index in [9.17, 15) is 14.0 Å². The lowest BCUT2D eigenvalue weighted by Gasteiger charge is -2.21. The third-order valence-electron chi connectivity index (χ3n) is 4.58. The molecule has 0 saturated heterocycles. The Bertz CT molecular complexity index is 1230. The van der Waals surface area contributed by atoms with Gasteiger partial charge in [-0.1, -0.05) is 12.1 Å². The Balaban J connectivity index is 1.85. The summed E-state index contributed by atoms with van der Waals surface area (Å²) in [5.74, 6) is -0.758. The minimum absolute atomic E-state index is 0.0868. The van der Waals surface area contributed by atoms with E-state index in [4.69, 9.17) is 21.4 Å². The molecular formula is C24H25ClFN5O4. The van der Waals surface area contributed by atoms with Crippen LogP contribution in [0.25, 0.3) is 0 Å². The first-order chi connectivity index (χ1) is 16.5. The number of carbonyl (C=O) groups excluding carboxylic acids is 1. The number of anilines is 4. The number of ether oxygens (including phenoxy) is 1. The molecule has 0 aliphatic heterocycles. The summed E-state index contributed by atoms with van der Waals surface area (Å²) >= 11 is 5.78. The van der Waals surface area contributed by atoms with Crippen LogP contribution in [0.3, 0.4) is 0 Å². The average Bonchev–Trinajstić information content (AvgIpc) is 2.75. The smallest absolute Gasteiger partial charge is 0.412 e. The summed E-state index contributed by atoms with van der Waals surface area (Å²) in [4.78, 5) is 30.7. The summed E-state index contributed by atoms with van der Waals surface area (Å²) in [5, 5.41) is 16.8. The molecule has 0 aliphatic carbocycles. The summed E-state index contributed by atoms with van der Waals surface area (Å²) in [6.07, 6.45) is 0.219. The third kappa shape index (κ3) is 8.11. The van der Waals surface area contributed by atoms with E-state index in [2.05, 4.69) is 25.9 Å². The molecule has 3 aromatic rings. The first-order valence-electron chi connectivity index (χ1n) is 10.7. The summed E-state index contributed by atoms with van der Waals surface area (Å²) < 4.78 is 19.5. The van der Waals surface area contributed by atoms with Gasteiger partial charge in [0.2, 0.25) is 5.28 Å². The van der Waals surface area contributed by atoms with Gasteiger partial charge in [-0.15, -0.1) is 0 Å². The van der Waals surface area contributed by atoms with Crippen LogP contribution in [0.4, 0.5) is 36.9 Å². The molecule has 3 rings (SSSR count). The quantitative estimate of drug-likeness (QED) is 0.282. The van der Waals surface area contributed by atoms with E-state index in [1.54, 1.807) is 57.2 Å². The number of hydrogen-bond acceptors (Lipinski definition) is 6. The maximum Gasteiger partial charge on any atom is 0.412 e. The van der Waals surface area contributed by atoms with E-state index < -0.39 is 23.6 Å². The maximum atomic E-state index is 14.1. The number of benzene rings is 2. The largest absolute Gasteiger partial charge is 0.465 e. The lowest BCUT2D eigenvalue weighted by atomic mass is 10.0. The second-order valence-electron chi connectivity index (χ2n) is 8.59. The molecule has 4 N–H and O–H groups in total. The zero-order chi connectivity index (χ0) is 25.6. The number of hydrogen-bond donors (Lipinski definition) is 4. The highest BCUT2D eigenvalue weighted by Gasteiger charge is 2.18. The number of rotatable bonds is 7. The summed E-state index contributed by atoms with van der Waals surface area (Å²) in [7, 11) is 0. The topological polar surface area (TPSA) is 125 Å². The molecule has 0 bridgehead atoms. The van der Waals surface area contributed by atoms with Crippen LogP contribution in [0.15, 0.2) is 48.7 Å². The fourth-order valence-corrected chi connectivity index (χ4v) is 3.32. The summed E-state index contributed by atoms with van der Waals surface area (Å²) in [6, 6.07) is 12.1. The van der Waals surface area contributed by atoms with Gasteiger partial charge in [0, 0.05) is 17.1 Å². The number of aryl methyl sites for hydroxylation is 2. The molecule has 0 unspecified atom stereocenters. The first kappa shape index (κ1) is 25.7. The van der Waals surface area contributed by atoms with Gasteiger partial charge in [-0.25, -0.2) is 19.0 Å². The predicted octanol–water partition coefficient (Wildman–Crippen LogP) is 6.23. The van der Waals surface area contributed by atoms with Crippen molar-refractivity contribution in [2.75, 3.05) is 16.0 Å². The van der Waals surface area contributed by atoms with Crippen molar-refractivity contribution < 1.29 is 23.8 Å². The summed E-state index contributed by atoms with van der Waals surface area (Å²) in [6.45, 7) is 5.29. The molecule has 9 nitrogen and oxygen atoms in total. The van der Waals surface area contributed by atoms with Gasteiger partial charge in [0.25, 0.3) is 0 Å². The molecule has 0 aliphatic rings. The van der Waals surface area contributed by atoms with E-state index in [0.717, 1.165) is 17.3 Å². The van der Waals surface area contributed by atoms with Crippen LogP contribution < -0.4 is 16.0 Å². The van der Waals surface area contributed by atoms with Crippen molar-refractivity contribution in [2.45, 2.75) is 39.2 Å². The van der Waals surface area contributed by atoms with Crippen molar-refractivity contribution in [3.8, 4) is 0 Å². The number of aromatic nitrogens is 2. The molecule has 2 amide bonds. The van der Waals surface area contributed by atoms with Crippen LogP contribution in [-0.4, -0.2) is 32.9 Å². The van der Waals surface area contributed by atoms with Crippen molar-refractivity contribution in [3.63, 3.8) is 0 Å². The third-order valence-corrected chi connectivity index (χ3v) is 4.76. The van der Waals surface area contributed by atoms with E-state index in [1.807, 2.05) is 6.07 Å². The van der Waals surface area contributed by atoms with Gasteiger partial charge in [-0.3, -0.25) is 10.6 Å². The minimum atomic E-state index is -1.15. The van der Waals surface area contributed by atoms with Crippen molar-refractivity contribution in [3.05, 3.63) is 70.9 Å². The van der Waals surface area contributed by atoms with Gasteiger partial charge in [-0.05, 0) is 86.7 Å². The van der Waals surface area contributed by atoms with Gasteiger partial charge in [0.1, 0.15) is 5.60 Å². The van der Waals surface area contributed by atoms with E-state index in [1.165, 1.54) is 0 Å². The average molecular weight is 502 g/mol. The molecular weight excluding hydrogens is 477 g/mol. The molecule has 0 saturated carbocycles. The second kappa shape index (κ2) is 11.0. The Morgan fingerprint density at radius 3 is 2.57 bits per heavy atom. The van der Waals surface area contributed by atoms with Crippen LogP contribution in [-0.2, 0) is 17.6 Å². The van der Waals surface area contributed by atoms with Gasteiger partial charge in [0.15, 0.2) is 11.6 Å². The predicted molar refractivity (Wildman–Crippen MR) is 132 cm³/mol. The van der Waals surface area contributed by atoms with Gasteiger partial charge < -0.3 is 15.2 Å². The number of carboxylic acid groups (broad SMARTS) is 1. The van der Waals surface area contributed by atoms with Crippen LogP contribution >= 0.6 is 11.6 Å². The molecule has 184 valence electrons. The summed E-state index contributed by atoms with van der Waals surface area (Å²) in [5.41, 5.74) is 2.43. The number of halogens is 2. The Kier molecular flexibility index (Phi) is 8.08. The first-order valence-corrected chi connectivity index (χ1v) is 11.0. The second-order valence-corrected chi connectivity index (χ2v) is 8.93. The zero-order valence-electron chi connectivity index (χ0n) is 19.4. The standard InChI is InChI=1S/C24H25ClFN5O4/c1-24(2,3)35-23(34)30-19-10-9-17(28-20-18(26)13-27-21(25)31-20)12-15(19)8-7-14-5-4-6-16(11-14)29-22(32)33/h4-6,9-13,29H,7-8H2,1-3H3,(H,30,34)(H,32,33)(H,27,28,31). The normalized spacial score (nSPS) is 11.0. The van der Waals surface area contributed by atoms with Crippen molar-refractivity contribution in [2.24, 2.45) is 0 Å². The lowest BCUT2D eigenvalue weighted by molar-refractivity contribution is 0.0635. The van der Waals surface area contributed by atoms with Gasteiger partial charge in [0.05, 0.1) is 6.20 Å². The van der Waals surface area contributed by atoms with Crippen LogP contribution in [0, 0.1) is 5.82 Å². The fraction of sp³-hybridized carbons (Fsp3) is 0.250. The van der Waals surface area contributed by atoms with Crippen LogP contribution in [0.2, 0.25) is 5.28 Å². The molecule has 11 heteroatoms. The number of carbonyl (C=O) groups is 2. The number of nitrogens with zero attached hydrogens (tertiary/aromatic N) is 2. The number of amides is 2. The van der Waals surface area contributed by atoms with Crippen molar-refractivity contribution in [1.82, 2.24) is 9.97 Å². The Labute approximate surface area is 206 Å². The molecule has 0 fully saturated rings. The highest BCUT2D eigenvalue weighted by molar-refractivity contribution is 6.28. The fourth-order valence-electron chi connectivity index (χ4n) is 3.19. The van der Waals surface area contributed by atoms with Crippen LogP contribution in [0.5, 0.6) is 0 Å². The molecule has 0 radical (unpaired) electrons. The molecule has 2 aromatic carbocycles. The lowest BCUT2D eigenvalue weighted by Crippen LogP contribution is -2.27. The van der Waals surface area contributed by atoms with Crippen molar-refractivity contribution in [1.29, 1.82) is 0 Å². The SMILES string of the molecule is CC(C)(C)OC(=O)Nc1ccc(Nc2nc(Cl)ncc2F)cc1CCc1cccc(NC(=O)O)c1. The highest BCUT2D eigenvalue weighted by Crippen LogP contribution is 2.26. The number of nitrogens with one attached hydrogen (secondary N) is 3. The van der Waals surface area contributed by atoms with E-state index >= 15 is 0 Å². The Morgan fingerprint density at radius 1 is 1.09 bits per heavy atom. The molecule has 0 spiro atoms. The molecule has 1 aromatic heterocycles. The van der Waals surface area contributed by atoms with Crippen molar-refractivity contribution >= 4 is 46.7 Å². The van der Waals surface area contributed by atoms with Crippen LogP contribution in [0.1, 0.15) is 31.9 Å². The Hall–Kier alpha value is -3.92. The monoisotopic (exact) mass is 501 g/mol. The van der Waals surface area contributed by atoms with Gasteiger partial charge in [-0.2, -0.15) is 4.98 Å². The maximum absolute atomic E-state index is 14.1. The Morgan fingerprint density at radius 2 is 1.86 bits per heavy atom. The van der Waals surface area contributed by atoms with E-state index in [-0.39, 0.29) is 11.1 Å². The van der Waals surface area contributed by atoms with Gasteiger partial charge >= 0.3 is 12.2 Å². The van der Waals surface area contributed by atoms with E-state index in [0.29, 0.717) is 29.9 Å². The zero-order valence-corrected chi connectivity index (χ0v) is 20.1. The molecule has 0 atom stereocenters. The molecule has 1 heterocycles. The minimum Gasteiger partial charge on any atom is -0.465 e.